The second-order valence-electron chi connectivity index (χ2n) is 4.67. The van der Waals surface area contributed by atoms with Gasteiger partial charge in [0.15, 0.2) is 0 Å². The smallest absolute Gasteiger partial charge is 0.122 e. The predicted octanol–water partition coefficient (Wildman–Crippen LogP) is 0.917. The van der Waals surface area contributed by atoms with Crippen molar-refractivity contribution in [3.05, 3.63) is 29.3 Å². The Hall–Kier alpha value is -1.06. The first kappa shape index (κ1) is 10.1. The van der Waals surface area contributed by atoms with Crippen LogP contribution in [-0.2, 0) is 6.42 Å². The third-order valence-electron chi connectivity index (χ3n) is 3.72. The zero-order valence-corrected chi connectivity index (χ0v) is 9.28. The van der Waals surface area contributed by atoms with Gasteiger partial charge in [0, 0.05) is 38.0 Å². The van der Waals surface area contributed by atoms with Crippen LogP contribution in [0, 0.1) is 5.92 Å². The second kappa shape index (κ2) is 4.07. The lowest BCUT2D eigenvalue weighted by Gasteiger charge is -2.17. The highest BCUT2D eigenvalue weighted by molar-refractivity contribution is 5.41. The van der Waals surface area contributed by atoms with Gasteiger partial charge in [-0.15, -0.1) is 0 Å². The first-order chi connectivity index (χ1) is 7.88. The molecular formula is C13H17NO2. The van der Waals surface area contributed by atoms with Crippen LogP contribution in [0.25, 0.3) is 0 Å². The van der Waals surface area contributed by atoms with E-state index in [2.05, 4.69) is 23.5 Å². The summed E-state index contributed by atoms with van der Waals surface area (Å²) >= 11 is 0. The number of ether oxygens (including phenoxy) is 1. The van der Waals surface area contributed by atoms with Crippen LogP contribution in [0.15, 0.2) is 18.2 Å². The number of aliphatic hydroxyl groups is 1. The molecule has 3 heteroatoms. The van der Waals surface area contributed by atoms with E-state index < -0.39 is 0 Å². The van der Waals surface area contributed by atoms with Gasteiger partial charge in [-0.1, -0.05) is 12.1 Å². The molecule has 16 heavy (non-hydrogen) atoms. The lowest BCUT2D eigenvalue weighted by Crippen LogP contribution is -2.14. The van der Waals surface area contributed by atoms with Gasteiger partial charge < -0.3 is 15.2 Å². The van der Waals surface area contributed by atoms with E-state index in [1.165, 1.54) is 11.1 Å². The molecule has 3 nitrogen and oxygen atoms in total. The molecule has 2 aliphatic rings. The van der Waals surface area contributed by atoms with Gasteiger partial charge in [-0.3, -0.25) is 0 Å². The Morgan fingerprint density at radius 2 is 2.31 bits per heavy atom. The van der Waals surface area contributed by atoms with Crippen molar-refractivity contribution in [2.45, 2.75) is 12.3 Å². The fourth-order valence-electron chi connectivity index (χ4n) is 2.75. The molecule has 2 heterocycles. The Bertz CT molecular complexity index is 392. The maximum atomic E-state index is 9.33. The minimum absolute atomic E-state index is 0.269. The van der Waals surface area contributed by atoms with Crippen molar-refractivity contribution in [1.29, 1.82) is 0 Å². The number of nitrogens with one attached hydrogen (secondary N) is 1. The Morgan fingerprint density at radius 3 is 3.19 bits per heavy atom. The lowest BCUT2D eigenvalue weighted by molar-refractivity contribution is 0.226. The summed E-state index contributed by atoms with van der Waals surface area (Å²) in [5.74, 6) is 1.85. The minimum Gasteiger partial charge on any atom is -0.493 e. The molecule has 0 saturated carbocycles. The van der Waals surface area contributed by atoms with Gasteiger partial charge in [-0.05, 0) is 17.2 Å². The van der Waals surface area contributed by atoms with E-state index in [1.54, 1.807) is 0 Å². The fourth-order valence-corrected chi connectivity index (χ4v) is 2.75. The lowest BCUT2D eigenvalue weighted by atomic mass is 9.88. The SMILES string of the molecule is OC[C@H]1CNC[C@@H]1c1ccc2c(c1)CCO2. The summed E-state index contributed by atoms with van der Waals surface area (Å²) in [5, 5.41) is 12.7. The van der Waals surface area contributed by atoms with Gasteiger partial charge in [0.05, 0.1) is 6.61 Å². The van der Waals surface area contributed by atoms with E-state index in [-0.39, 0.29) is 6.61 Å². The van der Waals surface area contributed by atoms with Crippen LogP contribution in [0.2, 0.25) is 0 Å². The van der Waals surface area contributed by atoms with Crippen molar-refractivity contribution in [1.82, 2.24) is 5.32 Å². The van der Waals surface area contributed by atoms with Crippen molar-refractivity contribution < 1.29 is 9.84 Å². The average molecular weight is 219 g/mol. The Balaban J connectivity index is 1.89. The Morgan fingerprint density at radius 1 is 1.38 bits per heavy atom. The number of aliphatic hydroxyl groups excluding tert-OH is 1. The molecule has 3 rings (SSSR count). The third kappa shape index (κ3) is 1.60. The monoisotopic (exact) mass is 219 g/mol. The Labute approximate surface area is 95.4 Å². The molecule has 0 bridgehead atoms. The van der Waals surface area contributed by atoms with Crippen LogP contribution in [-0.4, -0.2) is 31.4 Å². The van der Waals surface area contributed by atoms with E-state index in [9.17, 15) is 5.11 Å². The maximum absolute atomic E-state index is 9.33. The van der Waals surface area contributed by atoms with Crippen LogP contribution in [0.1, 0.15) is 17.0 Å². The van der Waals surface area contributed by atoms with Gasteiger partial charge in [-0.25, -0.2) is 0 Å². The molecule has 2 aliphatic heterocycles. The zero-order valence-electron chi connectivity index (χ0n) is 9.28. The van der Waals surface area contributed by atoms with E-state index in [0.29, 0.717) is 11.8 Å². The number of rotatable bonds is 2. The summed E-state index contributed by atoms with van der Waals surface area (Å²) in [5.41, 5.74) is 2.66. The number of benzene rings is 1. The molecule has 0 spiro atoms. The summed E-state index contributed by atoms with van der Waals surface area (Å²) in [4.78, 5) is 0. The van der Waals surface area contributed by atoms with Crippen LogP contribution in [0.4, 0.5) is 0 Å². The van der Waals surface area contributed by atoms with Gasteiger partial charge >= 0.3 is 0 Å². The van der Waals surface area contributed by atoms with E-state index >= 15 is 0 Å². The minimum atomic E-state index is 0.269. The third-order valence-corrected chi connectivity index (χ3v) is 3.72. The number of hydrogen-bond donors (Lipinski definition) is 2. The first-order valence-electron chi connectivity index (χ1n) is 5.95. The molecule has 86 valence electrons. The quantitative estimate of drug-likeness (QED) is 0.777. The highest BCUT2D eigenvalue weighted by Crippen LogP contribution is 2.33. The van der Waals surface area contributed by atoms with E-state index in [4.69, 9.17) is 4.74 Å². The molecule has 0 radical (unpaired) electrons. The molecular weight excluding hydrogens is 202 g/mol. The van der Waals surface area contributed by atoms with Crippen molar-refractivity contribution >= 4 is 0 Å². The molecule has 0 amide bonds. The van der Waals surface area contributed by atoms with Crippen LogP contribution in [0.3, 0.4) is 0 Å². The van der Waals surface area contributed by atoms with Crippen molar-refractivity contribution in [2.75, 3.05) is 26.3 Å². The van der Waals surface area contributed by atoms with Crippen molar-refractivity contribution in [3.8, 4) is 5.75 Å². The normalized spacial score (nSPS) is 27.8. The molecule has 0 aliphatic carbocycles. The first-order valence-corrected chi connectivity index (χ1v) is 5.95. The van der Waals surface area contributed by atoms with E-state index in [1.807, 2.05) is 0 Å². The highest BCUT2D eigenvalue weighted by atomic mass is 16.5. The zero-order chi connectivity index (χ0) is 11.0. The highest BCUT2D eigenvalue weighted by Gasteiger charge is 2.28. The molecule has 1 fully saturated rings. The summed E-state index contributed by atoms with van der Waals surface area (Å²) in [7, 11) is 0. The van der Waals surface area contributed by atoms with Crippen LogP contribution >= 0.6 is 0 Å². The largest absolute Gasteiger partial charge is 0.493 e. The number of hydrogen-bond acceptors (Lipinski definition) is 3. The molecule has 0 aromatic heterocycles. The predicted molar refractivity (Wildman–Crippen MR) is 61.8 cm³/mol. The van der Waals surface area contributed by atoms with Gasteiger partial charge in [-0.2, -0.15) is 0 Å². The topological polar surface area (TPSA) is 41.5 Å². The maximum Gasteiger partial charge on any atom is 0.122 e. The molecule has 1 saturated heterocycles. The van der Waals surface area contributed by atoms with Crippen molar-refractivity contribution in [2.24, 2.45) is 5.92 Å². The molecule has 1 aromatic rings. The van der Waals surface area contributed by atoms with Crippen LogP contribution in [0.5, 0.6) is 5.75 Å². The van der Waals surface area contributed by atoms with E-state index in [0.717, 1.165) is 31.9 Å². The fraction of sp³-hybridized carbons (Fsp3) is 0.538. The van der Waals surface area contributed by atoms with Gasteiger partial charge in [0.1, 0.15) is 5.75 Å². The number of fused-ring (bicyclic) bond motifs is 1. The standard InChI is InChI=1S/C13H17NO2/c15-8-11-6-14-7-12(11)9-1-2-13-10(5-9)3-4-16-13/h1-2,5,11-12,14-15H,3-4,6-8H2/t11-,12-/m1/s1. The average Bonchev–Trinajstić information content (AvgIpc) is 2.96. The summed E-state index contributed by atoms with van der Waals surface area (Å²) in [6.07, 6.45) is 1.02. The summed E-state index contributed by atoms with van der Waals surface area (Å²) < 4.78 is 5.50. The molecule has 2 atom stereocenters. The van der Waals surface area contributed by atoms with Gasteiger partial charge in [0.2, 0.25) is 0 Å². The molecule has 0 unspecified atom stereocenters. The Kier molecular flexibility index (Phi) is 2.58. The summed E-state index contributed by atoms with van der Waals surface area (Å²) in [6.45, 7) is 2.98. The second-order valence-corrected chi connectivity index (χ2v) is 4.67. The molecule has 2 N–H and O–H groups in total. The summed E-state index contributed by atoms with van der Waals surface area (Å²) in [6, 6.07) is 6.47. The molecule has 1 aromatic carbocycles. The van der Waals surface area contributed by atoms with Gasteiger partial charge in [0.25, 0.3) is 0 Å². The van der Waals surface area contributed by atoms with Crippen molar-refractivity contribution in [3.63, 3.8) is 0 Å². The van der Waals surface area contributed by atoms with Crippen LogP contribution < -0.4 is 10.1 Å².